The molecule has 0 aliphatic heterocycles. The second-order valence-corrected chi connectivity index (χ2v) is 12.8. The van der Waals surface area contributed by atoms with Crippen molar-refractivity contribution in [3.63, 3.8) is 0 Å². The minimum atomic E-state index is -2.54. The summed E-state index contributed by atoms with van der Waals surface area (Å²) >= 11 is 0. The number of fused-ring (bicyclic) bond motifs is 3. The van der Waals surface area contributed by atoms with E-state index in [-0.39, 0.29) is 48.0 Å². The van der Waals surface area contributed by atoms with E-state index in [1.165, 1.54) is 12.4 Å². The zero-order valence-electron chi connectivity index (χ0n) is 37.1. The molecule has 1 fully saturated rings. The number of hydrogen-bond acceptors (Lipinski definition) is 5. The Morgan fingerprint density at radius 1 is 0.816 bits per heavy atom. The third-order valence-electron chi connectivity index (χ3n) is 8.96. The Morgan fingerprint density at radius 3 is 2.41 bits per heavy atom. The van der Waals surface area contributed by atoms with Gasteiger partial charge in [0.15, 0.2) is 0 Å². The smallest absolute Gasteiger partial charge is 0.120 e. The molecule has 3 aromatic carbocycles. The van der Waals surface area contributed by atoms with Crippen LogP contribution in [0.25, 0.3) is 55.6 Å². The normalized spacial score (nSPS) is 18.7. The third-order valence-corrected chi connectivity index (χ3v) is 8.96. The van der Waals surface area contributed by atoms with Gasteiger partial charge in [-0.25, -0.2) is 0 Å². The topological polar surface area (TPSA) is 64.7 Å². The monoisotopic (exact) mass is 831 g/mol. The fourth-order valence-corrected chi connectivity index (χ4v) is 6.15. The van der Waals surface area contributed by atoms with Crippen LogP contribution in [0.1, 0.15) is 81.6 Å². The van der Waals surface area contributed by atoms with E-state index >= 15 is 0 Å². The number of hydrogen-bond donors (Lipinski definition) is 0. The molecule has 1 saturated carbocycles. The summed E-state index contributed by atoms with van der Waals surface area (Å²) in [5.74, 6) is -1.09. The summed E-state index contributed by atoms with van der Waals surface area (Å²) in [6, 6.07) is 26.7. The van der Waals surface area contributed by atoms with Gasteiger partial charge in [0.2, 0.25) is 0 Å². The van der Waals surface area contributed by atoms with Gasteiger partial charge in [-0.1, -0.05) is 91.2 Å². The maximum absolute atomic E-state index is 9.23. The van der Waals surface area contributed by atoms with Crippen LogP contribution in [-0.4, -0.2) is 19.9 Å². The average Bonchev–Trinajstić information content (AvgIpc) is 3.57. The van der Waals surface area contributed by atoms with Crippen LogP contribution in [0.3, 0.4) is 0 Å². The van der Waals surface area contributed by atoms with E-state index in [4.69, 9.17) is 16.8 Å². The number of para-hydroxylation sites is 1. The van der Waals surface area contributed by atoms with Crippen LogP contribution in [-0.2, 0) is 20.1 Å². The summed E-state index contributed by atoms with van der Waals surface area (Å²) in [7, 11) is 0. The first-order chi connectivity index (χ1) is 27.2. The van der Waals surface area contributed by atoms with Gasteiger partial charge in [-0.3, -0.25) is 0 Å². The van der Waals surface area contributed by atoms with Gasteiger partial charge >= 0.3 is 0 Å². The summed E-state index contributed by atoms with van der Waals surface area (Å²) in [6.07, 6.45) is 10.0. The number of benzene rings is 3. The van der Waals surface area contributed by atoms with Gasteiger partial charge in [-0.15, -0.1) is 18.2 Å². The summed E-state index contributed by atoms with van der Waals surface area (Å²) in [5, 5.41) is 1.82. The molecule has 4 heterocycles. The second-order valence-electron chi connectivity index (χ2n) is 12.8. The van der Waals surface area contributed by atoms with Crippen LogP contribution in [0.5, 0.6) is 0 Å². The molecule has 7 aromatic rings. The first kappa shape index (κ1) is 23.8. The summed E-state index contributed by atoms with van der Waals surface area (Å²) in [5.41, 5.74) is 4.87. The number of aryl methyl sites for hydroxylation is 3. The Kier molecular flexibility index (Phi) is 7.05. The molecule has 5 nitrogen and oxygen atoms in total. The van der Waals surface area contributed by atoms with E-state index in [2.05, 4.69) is 46.0 Å². The third kappa shape index (κ3) is 7.41. The standard InChI is InChI=1S/C33H32NO.C10H8N3.Ir/c1-21-18-24(23-14-16-33(3,4)17-15-23)12-13-25(21)29-19-30(34-20-22(29)2)28-10-7-9-27-26-8-5-6-11-31(26)35-32(27)28;1-8-12-6-9(7-13-8)10-4-2-3-5-11-10;/h5-9,11-13,18-20,23H,14-17H2,1-4H3;2-6H,1H3;/q2*-1;/i1D3,2D3,23D;1D3;. The molecule has 4 aromatic heterocycles. The van der Waals surface area contributed by atoms with Crippen LogP contribution in [0, 0.1) is 38.2 Å². The van der Waals surface area contributed by atoms with Crippen LogP contribution in [0.4, 0.5) is 0 Å². The Morgan fingerprint density at radius 2 is 1.65 bits per heavy atom. The SMILES string of the molecule is [2H]C([2H])([2H])c1cnc(-c2[c-]ccc3c2oc2ccccc23)cc1-c1ccc(C2([2H])CCC(C)(C)CC2)cc1C([2H])([2H])[2H].[2H]C([2H])([2H])c1n[c-]c(-c2ccccn2)cn1.[Ir]. The number of rotatable bonds is 4. The second kappa shape index (κ2) is 14.5. The molecule has 8 rings (SSSR count). The van der Waals surface area contributed by atoms with E-state index in [0.29, 0.717) is 57.6 Å². The van der Waals surface area contributed by atoms with Crippen molar-refractivity contribution in [2.75, 3.05) is 0 Å². The summed E-state index contributed by atoms with van der Waals surface area (Å²) < 4.78 is 86.7. The molecule has 249 valence electrons. The molecular weight excluding hydrogens is 781 g/mol. The molecule has 0 spiro atoms. The Balaban J connectivity index is 0.000000289. The maximum Gasteiger partial charge on any atom is 0.120 e. The van der Waals surface area contributed by atoms with E-state index in [1.54, 1.807) is 48.7 Å². The molecule has 6 heteroatoms. The quantitative estimate of drug-likeness (QED) is 0.165. The van der Waals surface area contributed by atoms with Crippen LogP contribution in [0.15, 0.2) is 102 Å². The predicted molar refractivity (Wildman–Crippen MR) is 195 cm³/mol. The first-order valence-electron chi connectivity index (χ1n) is 20.9. The minimum absolute atomic E-state index is 0. The zero-order valence-corrected chi connectivity index (χ0v) is 29.5. The summed E-state index contributed by atoms with van der Waals surface area (Å²) in [6.45, 7) is -2.96. The van der Waals surface area contributed by atoms with Gasteiger partial charge < -0.3 is 24.4 Å². The molecule has 0 amide bonds. The molecule has 1 aliphatic rings. The number of aromatic nitrogens is 4. The predicted octanol–water partition coefficient (Wildman–Crippen LogP) is 11.1. The van der Waals surface area contributed by atoms with Gasteiger partial charge in [0, 0.05) is 57.4 Å². The van der Waals surface area contributed by atoms with E-state index in [9.17, 15) is 1.37 Å². The molecule has 0 atom stereocenters. The van der Waals surface area contributed by atoms with Gasteiger partial charge in [0.25, 0.3) is 0 Å². The van der Waals surface area contributed by atoms with Crippen LogP contribution >= 0.6 is 0 Å². The summed E-state index contributed by atoms with van der Waals surface area (Å²) in [4.78, 5) is 16.1. The first-order valence-corrected chi connectivity index (χ1v) is 15.9. The fourth-order valence-electron chi connectivity index (χ4n) is 6.15. The molecule has 0 N–H and O–H groups in total. The Labute approximate surface area is 316 Å². The maximum atomic E-state index is 9.23. The molecule has 0 bridgehead atoms. The molecule has 0 saturated heterocycles. The van der Waals surface area contributed by atoms with Crippen LogP contribution in [0.2, 0.25) is 0 Å². The van der Waals surface area contributed by atoms with Gasteiger partial charge in [-0.05, 0) is 115 Å². The van der Waals surface area contributed by atoms with Gasteiger partial charge in [0.05, 0.1) is 5.58 Å². The minimum Gasteiger partial charge on any atom is -0.501 e. The fraction of sp³-hybridized carbons (Fsp3) is 0.256. The number of nitrogens with zero attached hydrogens (tertiary/aromatic N) is 4. The van der Waals surface area contributed by atoms with Crippen LogP contribution < -0.4 is 0 Å². The Bertz CT molecular complexity index is 2580. The largest absolute Gasteiger partial charge is 0.501 e. The Hall–Kier alpha value is -4.51. The van der Waals surface area contributed by atoms with E-state index in [1.807, 2.05) is 36.4 Å². The molecular formula is C43H40IrN4O-2. The number of furan rings is 1. The van der Waals surface area contributed by atoms with Gasteiger partial charge in [0.1, 0.15) is 5.58 Å². The van der Waals surface area contributed by atoms with Crippen molar-refractivity contribution in [3.05, 3.63) is 132 Å². The molecule has 1 aliphatic carbocycles. The average molecular weight is 831 g/mol. The zero-order chi connectivity index (χ0) is 41.7. The van der Waals surface area contributed by atoms with Crippen molar-refractivity contribution in [1.29, 1.82) is 0 Å². The van der Waals surface area contributed by atoms with Crippen molar-refractivity contribution in [1.82, 2.24) is 19.9 Å². The van der Waals surface area contributed by atoms with Crippen molar-refractivity contribution in [2.45, 2.75) is 66.0 Å². The van der Waals surface area contributed by atoms with Gasteiger partial charge in [-0.2, -0.15) is 0 Å². The molecule has 1 radical (unpaired) electrons. The molecule has 0 unspecified atom stereocenters. The van der Waals surface area contributed by atoms with E-state index in [0.717, 1.165) is 23.6 Å². The van der Waals surface area contributed by atoms with Crippen molar-refractivity contribution in [3.8, 4) is 33.6 Å². The van der Waals surface area contributed by atoms with Crippen molar-refractivity contribution < 1.29 is 38.2 Å². The molecule has 49 heavy (non-hydrogen) atoms. The van der Waals surface area contributed by atoms with E-state index < -0.39 is 26.4 Å². The number of pyridine rings is 2. The van der Waals surface area contributed by atoms with Crippen molar-refractivity contribution in [2.24, 2.45) is 5.41 Å². The van der Waals surface area contributed by atoms with Crippen molar-refractivity contribution >= 4 is 21.9 Å².